The first-order valence-corrected chi connectivity index (χ1v) is 9.41. The summed E-state index contributed by atoms with van der Waals surface area (Å²) in [6, 6.07) is 20.8. The number of hydrogen-bond donors (Lipinski definition) is 0. The van der Waals surface area contributed by atoms with Crippen molar-refractivity contribution in [2.24, 2.45) is 4.99 Å². The number of nitrogens with zero attached hydrogens (tertiary/aromatic N) is 1. The Labute approximate surface area is 167 Å². The monoisotopic (exact) mass is 395 g/mol. The molecule has 148 valence electrons. The summed E-state index contributed by atoms with van der Waals surface area (Å²) in [7, 11) is 0. The van der Waals surface area contributed by atoms with Crippen LogP contribution in [0.3, 0.4) is 0 Å². The molecule has 1 aliphatic rings. The molecule has 0 radical (unpaired) electrons. The summed E-state index contributed by atoms with van der Waals surface area (Å²) in [4.78, 5) is 4.78. The largest absolute Gasteiger partial charge is 0.472 e. The van der Waals surface area contributed by atoms with Gasteiger partial charge in [-0.1, -0.05) is 54.6 Å². The Morgan fingerprint density at radius 3 is 2.00 bits per heavy atom. The van der Waals surface area contributed by atoms with Gasteiger partial charge >= 0.3 is 6.18 Å². The molecule has 0 spiro atoms. The van der Waals surface area contributed by atoms with Crippen LogP contribution in [0.4, 0.5) is 13.2 Å². The van der Waals surface area contributed by atoms with Crippen molar-refractivity contribution in [1.82, 2.24) is 0 Å². The van der Waals surface area contributed by atoms with Crippen molar-refractivity contribution in [3.63, 3.8) is 0 Å². The SMILES string of the molecule is Cc1ccccc1C1=NC(c2ccc(-c3ccc(C(F)(F)F)cc3)cc2)C(C)O1. The molecule has 29 heavy (non-hydrogen) atoms. The summed E-state index contributed by atoms with van der Waals surface area (Å²) in [5.41, 5.74) is 4.06. The van der Waals surface area contributed by atoms with E-state index in [1.165, 1.54) is 12.1 Å². The van der Waals surface area contributed by atoms with Crippen LogP contribution < -0.4 is 0 Å². The predicted molar refractivity (Wildman–Crippen MR) is 108 cm³/mol. The molecular weight excluding hydrogens is 375 g/mol. The minimum Gasteiger partial charge on any atom is -0.472 e. The highest BCUT2D eigenvalue weighted by Crippen LogP contribution is 2.34. The van der Waals surface area contributed by atoms with E-state index in [-0.39, 0.29) is 12.1 Å². The number of alkyl halides is 3. The maximum atomic E-state index is 12.7. The molecule has 0 amide bonds. The lowest BCUT2D eigenvalue weighted by atomic mass is 9.98. The van der Waals surface area contributed by atoms with Gasteiger partial charge in [0.25, 0.3) is 0 Å². The van der Waals surface area contributed by atoms with E-state index in [1.807, 2.05) is 62.4 Å². The van der Waals surface area contributed by atoms with Crippen molar-refractivity contribution in [3.05, 3.63) is 95.1 Å². The molecule has 4 rings (SSSR count). The Kier molecular flexibility index (Phi) is 4.91. The van der Waals surface area contributed by atoms with Crippen molar-refractivity contribution in [2.45, 2.75) is 32.2 Å². The smallest absolute Gasteiger partial charge is 0.416 e. The molecule has 0 bridgehead atoms. The van der Waals surface area contributed by atoms with Gasteiger partial charge in [0.15, 0.2) is 0 Å². The van der Waals surface area contributed by atoms with Crippen molar-refractivity contribution < 1.29 is 17.9 Å². The summed E-state index contributed by atoms with van der Waals surface area (Å²) < 4.78 is 44.2. The maximum Gasteiger partial charge on any atom is 0.416 e. The number of ether oxygens (including phenoxy) is 1. The molecule has 0 aliphatic carbocycles. The van der Waals surface area contributed by atoms with Crippen molar-refractivity contribution in [3.8, 4) is 11.1 Å². The lowest BCUT2D eigenvalue weighted by Gasteiger charge is -2.14. The number of aryl methyl sites for hydroxylation is 1. The Bertz CT molecular complexity index is 1040. The summed E-state index contributed by atoms with van der Waals surface area (Å²) in [5, 5.41) is 0. The molecule has 3 aromatic rings. The minimum absolute atomic E-state index is 0.0958. The molecule has 2 atom stereocenters. The zero-order valence-electron chi connectivity index (χ0n) is 16.1. The van der Waals surface area contributed by atoms with E-state index in [4.69, 9.17) is 9.73 Å². The molecule has 0 fully saturated rings. The van der Waals surface area contributed by atoms with Crippen molar-refractivity contribution >= 4 is 5.90 Å². The molecule has 5 heteroatoms. The van der Waals surface area contributed by atoms with Gasteiger partial charge in [0, 0.05) is 5.56 Å². The summed E-state index contributed by atoms with van der Waals surface area (Å²) in [5.74, 6) is 0.646. The van der Waals surface area contributed by atoms with Crippen LogP contribution >= 0.6 is 0 Å². The molecule has 3 aromatic carbocycles. The normalized spacial score (nSPS) is 19.0. The number of rotatable bonds is 3. The van der Waals surface area contributed by atoms with Crippen LogP contribution in [0.25, 0.3) is 11.1 Å². The van der Waals surface area contributed by atoms with Gasteiger partial charge in [-0.3, -0.25) is 0 Å². The molecular formula is C24H20F3NO. The fraction of sp³-hybridized carbons (Fsp3) is 0.208. The minimum atomic E-state index is -4.33. The number of hydrogen-bond acceptors (Lipinski definition) is 2. The van der Waals surface area contributed by atoms with Gasteiger partial charge in [0.2, 0.25) is 5.90 Å². The van der Waals surface area contributed by atoms with Gasteiger partial charge in [-0.2, -0.15) is 13.2 Å². The fourth-order valence-corrected chi connectivity index (χ4v) is 3.52. The van der Waals surface area contributed by atoms with Crippen LogP contribution in [0.5, 0.6) is 0 Å². The topological polar surface area (TPSA) is 21.6 Å². The Balaban J connectivity index is 1.57. The van der Waals surface area contributed by atoms with Crippen LogP contribution in [0.1, 0.15) is 35.2 Å². The summed E-state index contributed by atoms with van der Waals surface area (Å²) >= 11 is 0. The standard InChI is InChI=1S/C24H20F3NO/c1-15-5-3-4-6-21(15)23-28-22(16(2)29-23)19-9-7-17(8-10-19)18-11-13-20(14-12-18)24(25,26)27/h3-14,16,22H,1-2H3. The molecule has 2 nitrogen and oxygen atoms in total. The first-order valence-electron chi connectivity index (χ1n) is 9.41. The molecule has 0 saturated heterocycles. The Morgan fingerprint density at radius 1 is 0.828 bits per heavy atom. The van der Waals surface area contributed by atoms with E-state index in [2.05, 4.69) is 0 Å². The van der Waals surface area contributed by atoms with E-state index < -0.39 is 11.7 Å². The molecule has 0 saturated carbocycles. The second kappa shape index (κ2) is 7.39. The first-order chi connectivity index (χ1) is 13.8. The quantitative estimate of drug-likeness (QED) is 0.490. The van der Waals surface area contributed by atoms with E-state index >= 15 is 0 Å². The van der Waals surface area contributed by atoms with Crippen LogP contribution in [-0.4, -0.2) is 12.0 Å². The third-order valence-electron chi connectivity index (χ3n) is 5.17. The predicted octanol–water partition coefficient (Wildman–Crippen LogP) is 6.59. The van der Waals surface area contributed by atoms with Crippen LogP contribution in [-0.2, 0) is 10.9 Å². The maximum absolute atomic E-state index is 12.7. The summed E-state index contributed by atoms with van der Waals surface area (Å²) in [6.07, 6.45) is -4.42. The number of aliphatic imine (C=N–C) groups is 1. The highest BCUT2D eigenvalue weighted by atomic mass is 19.4. The van der Waals surface area contributed by atoms with Gasteiger partial charge < -0.3 is 4.74 Å². The summed E-state index contributed by atoms with van der Waals surface area (Å²) in [6.45, 7) is 4.02. The Morgan fingerprint density at radius 2 is 1.41 bits per heavy atom. The molecule has 0 N–H and O–H groups in total. The zero-order chi connectivity index (χ0) is 20.6. The second-order valence-corrected chi connectivity index (χ2v) is 7.21. The van der Waals surface area contributed by atoms with E-state index in [0.29, 0.717) is 5.90 Å². The third kappa shape index (κ3) is 3.90. The highest BCUT2D eigenvalue weighted by molar-refractivity contribution is 5.96. The van der Waals surface area contributed by atoms with E-state index in [0.717, 1.165) is 39.9 Å². The van der Waals surface area contributed by atoms with E-state index in [9.17, 15) is 13.2 Å². The highest BCUT2D eigenvalue weighted by Gasteiger charge is 2.31. The van der Waals surface area contributed by atoms with Crippen molar-refractivity contribution in [2.75, 3.05) is 0 Å². The Hall–Kier alpha value is -3.08. The van der Waals surface area contributed by atoms with Gasteiger partial charge in [-0.15, -0.1) is 0 Å². The van der Waals surface area contributed by atoms with Gasteiger partial charge in [-0.05, 0) is 54.3 Å². The van der Waals surface area contributed by atoms with E-state index in [1.54, 1.807) is 0 Å². The van der Waals surface area contributed by atoms with Gasteiger partial charge in [0.05, 0.1) is 5.56 Å². The number of benzene rings is 3. The molecule has 0 aromatic heterocycles. The molecule has 1 heterocycles. The lowest BCUT2D eigenvalue weighted by Crippen LogP contribution is -2.12. The molecule has 1 aliphatic heterocycles. The van der Waals surface area contributed by atoms with Crippen LogP contribution in [0, 0.1) is 6.92 Å². The fourth-order valence-electron chi connectivity index (χ4n) is 3.52. The third-order valence-corrected chi connectivity index (χ3v) is 5.17. The van der Waals surface area contributed by atoms with Crippen molar-refractivity contribution in [1.29, 1.82) is 0 Å². The van der Waals surface area contributed by atoms with Crippen LogP contribution in [0.2, 0.25) is 0 Å². The average molecular weight is 395 g/mol. The lowest BCUT2D eigenvalue weighted by molar-refractivity contribution is -0.137. The average Bonchev–Trinajstić information content (AvgIpc) is 3.09. The second-order valence-electron chi connectivity index (χ2n) is 7.21. The van der Waals surface area contributed by atoms with Gasteiger partial charge in [0.1, 0.15) is 12.1 Å². The molecule has 2 unspecified atom stereocenters. The van der Waals surface area contributed by atoms with Crippen LogP contribution in [0.15, 0.2) is 77.8 Å². The first kappa shape index (κ1) is 19.2. The zero-order valence-corrected chi connectivity index (χ0v) is 16.1. The number of halogens is 3. The van der Waals surface area contributed by atoms with Gasteiger partial charge in [-0.25, -0.2) is 4.99 Å².